The van der Waals surface area contributed by atoms with Crippen LogP contribution in [0, 0.1) is 5.92 Å². The highest BCUT2D eigenvalue weighted by Gasteiger charge is 2.08. The number of ether oxygens (including phenoxy) is 1. The maximum Gasteiger partial charge on any atom is 0.0897 e. The summed E-state index contributed by atoms with van der Waals surface area (Å²) in [5.41, 5.74) is 1.12. The zero-order valence-electron chi connectivity index (χ0n) is 12.9. The molecule has 4 heteroatoms. The lowest BCUT2D eigenvalue weighted by atomic mass is 10.1. The van der Waals surface area contributed by atoms with Crippen molar-refractivity contribution in [2.24, 2.45) is 5.92 Å². The van der Waals surface area contributed by atoms with Gasteiger partial charge in [0.2, 0.25) is 0 Å². The fraction of sp³-hybridized carbons (Fsp3) is 0.688. The average molecular weight is 280 g/mol. The quantitative estimate of drug-likeness (QED) is 0.647. The summed E-state index contributed by atoms with van der Waals surface area (Å²) < 4.78 is 5.48. The summed E-state index contributed by atoms with van der Waals surface area (Å²) in [5, 5.41) is 13.1. The van der Waals surface area contributed by atoms with E-state index in [2.05, 4.69) is 31.1 Å². The van der Waals surface area contributed by atoms with Crippen molar-refractivity contribution in [1.82, 2.24) is 10.3 Å². The molecule has 1 unspecified atom stereocenters. The van der Waals surface area contributed by atoms with E-state index in [-0.39, 0.29) is 6.04 Å². The van der Waals surface area contributed by atoms with E-state index in [1.807, 2.05) is 18.3 Å². The van der Waals surface area contributed by atoms with Gasteiger partial charge < -0.3 is 15.2 Å². The number of aliphatic hydroxyl groups is 1. The highest BCUT2D eigenvalue weighted by atomic mass is 16.5. The van der Waals surface area contributed by atoms with E-state index >= 15 is 0 Å². The molecule has 1 aromatic rings. The first-order chi connectivity index (χ1) is 9.59. The summed E-state index contributed by atoms with van der Waals surface area (Å²) in [6, 6.07) is 4.13. The number of nitrogens with zero attached hydrogens (tertiary/aromatic N) is 1. The Hall–Kier alpha value is -0.970. The fourth-order valence-corrected chi connectivity index (χ4v) is 1.93. The lowest BCUT2D eigenvalue weighted by molar-refractivity contribution is 0.0337. The Morgan fingerprint density at radius 3 is 2.80 bits per heavy atom. The molecule has 1 heterocycles. The second-order valence-electron chi connectivity index (χ2n) is 5.68. The third-order valence-electron chi connectivity index (χ3n) is 3.22. The van der Waals surface area contributed by atoms with Crippen molar-refractivity contribution < 1.29 is 9.84 Å². The highest BCUT2D eigenvalue weighted by molar-refractivity contribution is 5.12. The molecular weight excluding hydrogens is 252 g/mol. The van der Waals surface area contributed by atoms with Gasteiger partial charge >= 0.3 is 0 Å². The Bertz CT molecular complexity index is 344. The van der Waals surface area contributed by atoms with Crippen molar-refractivity contribution in [3.05, 3.63) is 30.1 Å². The van der Waals surface area contributed by atoms with Gasteiger partial charge in [-0.2, -0.15) is 0 Å². The van der Waals surface area contributed by atoms with E-state index in [9.17, 15) is 5.11 Å². The average Bonchev–Trinajstić information content (AvgIpc) is 2.45. The molecule has 20 heavy (non-hydrogen) atoms. The van der Waals surface area contributed by atoms with Gasteiger partial charge in [0.05, 0.1) is 12.7 Å². The molecule has 0 aromatic carbocycles. The largest absolute Gasteiger partial charge is 0.389 e. The van der Waals surface area contributed by atoms with Gasteiger partial charge in [-0.15, -0.1) is 0 Å². The molecule has 0 radical (unpaired) electrons. The molecule has 0 fully saturated rings. The van der Waals surface area contributed by atoms with Crippen LogP contribution in [-0.2, 0) is 4.74 Å². The number of nitrogens with one attached hydrogen (secondary N) is 1. The first-order valence-corrected chi connectivity index (χ1v) is 7.48. The number of aromatic nitrogens is 1. The summed E-state index contributed by atoms with van der Waals surface area (Å²) in [6.45, 7) is 8.13. The Morgan fingerprint density at radius 1 is 1.35 bits per heavy atom. The fourth-order valence-electron chi connectivity index (χ4n) is 1.93. The zero-order valence-corrected chi connectivity index (χ0v) is 12.9. The van der Waals surface area contributed by atoms with Crippen molar-refractivity contribution >= 4 is 0 Å². The number of aliphatic hydroxyl groups excluding tert-OH is 1. The van der Waals surface area contributed by atoms with Gasteiger partial charge in [0.15, 0.2) is 0 Å². The third kappa shape index (κ3) is 7.58. The molecule has 0 aliphatic rings. The minimum absolute atomic E-state index is 0.180. The molecule has 0 amide bonds. The molecule has 1 rings (SSSR count). The van der Waals surface area contributed by atoms with Crippen LogP contribution in [0.4, 0.5) is 0 Å². The minimum atomic E-state index is -0.465. The summed E-state index contributed by atoms with van der Waals surface area (Å²) in [5.74, 6) is 0.713. The maximum atomic E-state index is 9.85. The van der Waals surface area contributed by atoms with Gasteiger partial charge in [0.1, 0.15) is 0 Å². The summed E-state index contributed by atoms with van der Waals surface area (Å²) in [6.07, 6.45) is 5.37. The molecule has 0 saturated heterocycles. The molecule has 114 valence electrons. The zero-order chi connectivity index (χ0) is 14.8. The van der Waals surface area contributed by atoms with Gasteiger partial charge in [0.25, 0.3) is 0 Å². The van der Waals surface area contributed by atoms with Gasteiger partial charge in [-0.25, -0.2) is 0 Å². The van der Waals surface area contributed by atoms with Crippen molar-refractivity contribution in [3.8, 4) is 0 Å². The van der Waals surface area contributed by atoms with Crippen LogP contribution in [0.1, 0.15) is 45.2 Å². The Balaban J connectivity index is 2.09. The molecule has 0 spiro atoms. The molecule has 2 atom stereocenters. The van der Waals surface area contributed by atoms with Crippen LogP contribution in [0.3, 0.4) is 0 Å². The second kappa shape index (κ2) is 9.86. The van der Waals surface area contributed by atoms with Crippen LogP contribution in [0.2, 0.25) is 0 Å². The Kier molecular flexibility index (Phi) is 8.42. The van der Waals surface area contributed by atoms with Crippen LogP contribution >= 0.6 is 0 Å². The number of hydrogen-bond donors (Lipinski definition) is 2. The van der Waals surface area contributed by atoms with Crippen molar-refractivity contribution in [2.75, 3.05) is 19.8 Å². The van der Waals surface area contributed by atoms with Crippen LogP contribution in [-0.4, -0.2) is 36.0 Å². The van der Waals surface area contributed by atoms with Gasteiger partial charge in [-0.05, 0) is 37.3 Å². The minimum Gasteiger partial charge on any atom is -0.389 e. The van der Waals surface area contributed by atoms with E-state index < -0.39 is 6.10 Å². The summed E-state index contributed by atoms with van der Waals surface area (Å²) in [7, 11) is 0. The first kappa shape index (κ1) is 17.1. The predicted octanol–water partition coefficient (Wildman–Crippen LogP) is 2.55. The maximum absolute atomic E-state index is 9.85. The highest BCUT2D eigenvalue weighted by Crippen LogP contribution is 2.09. The number of hydrogen-bond acceptors (Lipinski definition) is 4. The first-order valence-electron chi connectivity index (χ1n) is 7.48. The number of rotatable bonds is 10. The van der Waals surface area contributed by atoms with Gasteiger partial charge in [-0.3, -0.25) is 4.98 Å². The van der Waals surface area contributed by atoms with Gasteiger partial charge in [0, 0.05) is 31.6 Å². The molecule has 4 nitrogen and oxygen atoms in total. The van der Waals surface area contributed by atoms with Crippen LogP contribution in [0.25, 0.3) is 0 Å². The predicted molar refractivity (Wildman–Crippen MR) is 81.6 cm³/mol. The monoisotopic (exact) mass is 280 g/mol. The van der Waals surface area contributed by atoms with Crippen molar-refractivity contribution in [3.63, 3.8) is 0 Å². The summed E-state index contributed by atoms with van der Waals surface area (Å²) in [4.78, 5) is 4.09. The van der Waals surface area contributed by atoms with Crippen molar-refractivity contribution in [1.29, 1.82) is 0 Å². The standard InChI is InChI=1S/C16H28N2O2/c1-13(2)6-5-9-20-12-16(19)11-18-14(3)15-7-4-8-17-10-15/h4,7-8,10,13-14,16,18-19H,5-6,9,11-12H2,1-3H3/t14-,16?/m0/s1. The lowest BCUT2D eigenvalue weighted by Crippen LogP contribution is -2.32. The normalized spacial score (nSPS) is 14.4. The summed E-state index contributed by atoms with van der Waals surface area (Å²) >= 11 is 0. The van der Waals surface area contributed by atoms with Crippen LogP contribution in [0.5, 0.6) is 0 Å². The molecule has 0 saturated carbocycles. The lowest BCUT2D eigenvalue weighted by Gasteiger charge is -2.17. The molecule has 2 N–H and O–H groups in total. The van der Waals surface area contributed by atoms with E-state index in [1.165, 1.54) is 6.42 Å². The van der Waals surface area contributed by atoms with E-state index in [0.29, 0.717) is 19.1 Å². The molecule has 0 aliphatic carbocycles. The SMILES string of the molecule is CC(C)CCCOCC(O)CN[C@@H](C)c1cccnc1. The van der Waals surface area contributed by atoms with Crippen LogP contribution < -0.4 is 5.32 Å². The smallest absolute Gasteiger partial charge is 0.0897 e. The van der Waals surface area contributed by atoms with E-state index in [4.69, 9.17) is 4.74 Å². The Morgan fingerprint density at radius 2 is 2.15 bits per heavy atom. The topological polar surface area (TPSA) is 54.4 Å². The molecular formula is C16H28N2O2. The van der Waals surface area contributed by atoms with Crippen LogP contribution in [0.15, 0.2) is 24.5 Å². The van der Waals surface area contributed by atoms with E-state index in [1.54, 1.807) is 6.20 Å². The van der Waals surface area contributed by atoms with E-state index in [0.717, 1.165) is 18.6 Å². The number of pyridine rings is 1. The molecule has 0 aliphatic heterocycles. The van der Waals surface area contributed by atoms with Gasteiger partial charge in [-0.1, -0.05) is 19.9 Å². The molecule has 1 aromatic heterocycles. The van der Waals surface area contributed by atoms with Crippen molar-refractivity contribution in [2.45, 2.75) is 45.8 Å². The Labute approximate surface area is 122 Å². The molecule has 0 bridgehead atoms. The second-order valence-corrected chi connectivity index (χ2v) is 5.68. The third-order valence-corrected chi connectivity index (χ3v) is 3.22.